The average Bonchev–Trinajstić information content (AvgIpc) is 0. The standard InChI is InChI=1S/2BrH.Co.6H2O/h2*1H;;6*1H2/p-2. The third-order valence-corrected chi connectivity index (χ3v) is 0. The van der Waals surface area contributed by atoms with Crippen molar-refractivity contribution in [1.82, 2.24) is 0 Å². The first-order chi connectivity index (χ1) is 0. The molecule has 0 aliphatic carbocycles. The molecular formula is H12Br2CoO6-2. The van der Waals surface area contributed by atoms with E-state index in [-0.39, 0.29) is 83.6 Å². The summed E-state index contributed by atoms with van der Waals surface area (Å²) >= 11 is 0. The predicted octanol–water partition coefficient (Wildman–Crippen LogP) is -10.9. The van der Waals surface area contributed by atoms with E-state index in [0.717, 1.165) is 0 Å². The Morgan fingerprint density at radius 1 is 0.333 bits per heavy atom. The molecule has 0 aromatic carbocycles. The Hall–Kier alpha value is 1.23. The smallest absolute Gasteiger partial charge is 0 e. The van der Waals surface area contributed by atoms with Crippen LogP contribution in [0.3, 0.4) is 0 Å². The molecule has 0 saturated heterocycles. The Labute approximate surface area is 83.6 Å². The maximum Gasteiger partial charge on any atom is 0 e. The monoisotopic (exact) mass is 325 g/mol. The van der Waals surface area contributed by atoms with Crippen LogP contribution in [0.15, 0.2) is 0 Å². The first-order valence-electron chi connectivity index (χ1n) is 0. The zero-order chi connectivity index (χ0) is 0. The average molecular weight is 327 g/mol. The van der Waals surface area contributed by atoms with E-state index in [1.807, 2.05) is 0 Å². The van der Waals surface area contributed by atoms with Crippen molar-refractivity contribution in [2.75, 3.05) is 0 Å². The topological polar surface area (TPSA) is 189 Å². The van der Waals surface area contributed by atoms with Crippen molar-refractivity contribution in [3.8, 4) is 0 Å². The zero-order valence-corrected chi connectivity index (χ0v) is 8.30. The normalized spacial score (nSPS) is 0. The van der Waals surface area contributed by atoms with Crippen molar-refractivity contribution in [3.63, 3.8) is 0 Å². The molecule has 0 rings (SSSR count). The molecule has 0 aliphatic rings. The quantitative estimate of drug-likeness (QED) is 0.409. The van der Waals surface area contributed by atoms with Gasteiger partial charge in [-0.15, -0.1) is 0 Å². The molecule has 0 aliphatic heterocycles. The van der Waals surface area contributed by atoms with Crippen LogP contribution in [0.1, 0.15) is 0 Å². The fourth-order valence-electron chi connectivity index (χ4n) is 0. The summed E-state index contributed by atoms with van der Waals surface area (Å²) in [7, 11) is 0. The van der Waals surface area contributed by atoms with E-state index in [2.05, 4.69) is 0 Å². The van der Waals surface area contributed by atoms with Gasteiger partial charge in [0.15, 0.2) is 0 Å². The van der Waals surface area contributed by atoms with E-state index in [9.17, 15) is 0 Å². The van der Waals surface area contributed by atoms with Crippen molar-refractivity contribution >= 4 is 0 Å². The second kappa shape index (κ2) is 415. The van der Waals surface area contributed by atoms with E-state index in [0.29, 0.717) is 0 Å². The Kier molecular flexibility index (Phi) is 26700. The maximum atomic E-state index is 0. The molecule has 9 heavy (non-hydrogen) atoms. The molecule has 0 amide bonds. The Balaban J connectivity index is 0. The summed E-state index contributed by atoms with van der Waals surface area (Å²) in [5.41, 5.74) is 0. The van der Waals surface area contributed by atoms with Crippen LogP contribution < -0.4 is 34.0 Å². The molecule has 9 heteroatoms. The summed E-state index contributed by atoms with van der Waals surface area (Å²) < 4.78 is 0. The van der Waals surface area contributed by atoms with Gasteiger partial charge in [0, 0.05) is 16.8 Å². The van der Waals surface area contributed by atoms with Crippen LogP contribution in [0.25, 0.3) is 0 Å². The van der Waals surface area contributed by atoms with E-state index < -0.39 is 0 Å². The van der Waals surface area contributed by atoms with Crippen LogP contribution in [0.5, 0.6) is 0 Å². The van der Waals surface area contributed by atoms with Crippen molar-refractivity contribution < 1.29 is 83.6 Å². The zero-order valence-electron chi connectivity index (χ0n) is 4.09. The van der Waals surface area contributed by atoms with Crippen LogP contribution in [-0.2, 0) is 16.8 Å². The minimum absolute atomic E-state index is 0. The van der Waals surface area contributed by atoms with Crippen LogP contribution in [-0.4, -0.2) is 32.9 Å². The number of halogens is 2. The van der Waals surface area contributed by atoms with Gasteiger partial charge in [0.25, 0.3) is 0 Å². The molecule has 0 unspecified atom stereocenters. The molecule has 0 aromatic rings. The molecule has 73 valence electrons. The first-order valence-corrected chi connectivity index (χ1v) is 0. The second-order valence-electron chi connectivity index (χ2n) is 0. The summed E-state index contributed by atoms with van der Waals surface area (Å²) in [6.07, 6.45) is 0. The van der Waals surface area contributed by atoms with Crippen molar-refractivity contribution in [2.45, 2.75) is 0 Å². The molecule has 0 saturated carbocycles. The number of hydrogen-bond acceptors (Lipinski definition) is 0. The van der Waals surface area contributed by atoms with Crippen LogP contribution in [0.2, 0.25) is 0 Å². The third kappa shape index (κ3) is 320. The Morgan fingerprint density at radius 2 is 0.333 bits per heavy atom. The van der Waals surface area contributed by atoms with Crippen molar-refractivity contribution in [2.24, 2.45) is 0 Å². The fraction of sp³-hybridized carbons (Fsp3) is 0. The Bertz CT molecular complexity index is 11.0. The van der Waals surface area contributed by atoms with Gasteiger partial charge >= 0.3 is 0 Å². The van der Waals surface area contributed by atoms with Crippen LogP contribution in [0.4, 0.5) is 0 Å². The molecule has 6 nitrogen and oxygen atoms in total. The van der Waals surface area contributed by atoms with Crippen LogP contribution >= 0.6 is 0 Å². The van der Waals surface area contributed by atoms with Gasteiger partial charge in [-0.3, -0.25) is 0 Å². The van der Waals surface area contributed by atoms with E-state index >= 15 is 0 Å². The summed E-state index contributed by atoms with van der Waals surface area (Å²) in [6.45, 7) is 0. The van der Waals surface area contributed by atoms with Crippen molar-refractivity contribution in [1.29, 1.82) is 0 Å². The summed E-state index contributed by atoms with van der Waals surface area (Å²) in [5, 5.41) is 0. The van der Waals surface area contributed by atoms with Gasteiger partial charge in [-0.1, -0.05) is 0 Å². The number of rotatable bonds is 0. The van der Waals surface area contributed by atoms with Gasteiger partial charge in [-0.2, -0.15) is 0 Å². The molecule has 0 bridgehead atoms. The van der Waals surface area contributed by atoms with Gasteiger partial charge in [-0.25, -0.2) is 0 Å². The Morgan fingerprint density at radius 3 is 0.333 bits per heavy atom. The summed E-state index contributed by atoms with van der Waals surface area (Å²) in [5.74, 6) is 0. The van der Waals surface area contributed by atoms with E-state index in [4.69, 9.17) is 0 Å². The number of hydrogen-bond donors (Lipinski definition) is 0. The van der Waals surface area contributed by atoms with Gasteiger partial charge < -0.3 is 66.8 Å². The maximum absolute atomic E-state index is 0. The summed E-state index contributed by atoms with van der Waals surface area (Å²) in [6, 6.07) is 0. The molecule has 0 atom stereocenters. The minimum atomic E-state index is 0. The summed E-state index contributed by atoms with van der Waals surface area (Å²) in [4.78, 5) is 0. The molecule has 12 N–H and O–H groups in total. The predicted molar refractivity (Wildman–Crippen MR) is 21.7 cm³/mol. The molecule has 0 spiro atoms. The van der Waals surface area contributed by atoms with E-state index in [1.165, 1.54) is 0 Å². The van der Waals surface area contributed by atoms with Gasteiger partial charge in [0.1, 0.15) is 0 Å². The van der Waals surface area contributed by atoms with Gasteiger partial charge in [0.05, 0.1) is 0 Å². The first kappa shape index (κ1) is 579. The SMILES string of the molecule is O.O.O.O.O.O.[Br-].[Br-].[Co]. The van der Waals surface area contributed by atoms with Gasteiger partial charge in [-0.05, 0) is 0 Å². The van der Waals surface area contributed by atoms with Crippen LogP contribution in [0, 0.1) is 0 Å². The molecule has 0 fully saturated rings. The molecule has 0 heterocycles. The van der Waals surface area contributed by atoms with Gasteiger partial charge in [0.2, 0.25) is 0 Å². The fourth-order valence-corrected chi connectivity index (χ4v) is 0. The minimum Gasteiger partial charge on any atom is -1.00 e. The molecule has 0 aromatic heterocycles. The van der Waals surface area contributed by atoms with Crippen molar-refractivity contribution in [3.05, 3.63) is 0 Å². The second-order valence-corrected chi connectivity index (χ2v) is 0. The largest absolute Gasteiger partial charge is 1.00 e. The van der Waals surface area contributed by atoms with E-state index in [1.54, 1.807) is 0 Å². The molecular weight excluding hydrogens is 315 g/mol. The molecule has 1 radical (unpaired) electrons. The third-order valence-electron chi connectivity index (χ3n) is 0.